The number of nitrogens with zero attached hydrogens (tertiary/aromatic N) is 3. The summed E-state index contributed by atoms with van der Waals surface area (Å²) in [5, 5.41) is 11.4. The van der Waals surface area contributed by atoms with Gasteiger partial charge in [0.1, 0.15) is 5.69 Å². The summed E-state index contributed by atoms with van der Waals surface area (Å²) in [5.41, 5.74) is 4.84. The molecule has 0 aliphatic rings. The van der Waals surface area contributed by atoms with Gasteiger partial charge in [-0.1, -0.05) is 42.5 Å². The lowest BCUT2D eigenvalue weighted by Crippen LogP contribution is -2.08. The van der Waals surface area contributed by atoms with Gasteiger partial charge in [-0.2, -0.15) is 5.10 Å². The minimum Gasteiger partial charge on any atom is -0.380 e. The molecule has 0 unspecified atom stereocenters. The molecule has 0 fully saturated rings. The van der Waals surface area contributed by atoms with Crippen molar-refractivity contribution in [2.75, 3.05) is 5.32 Å². The summed E-state index contributed by atoms with van der Waals surface area (Å²) < 4.78 is 1.96. The van der Waals surface area contributed by atoms with Gasteiger partial charge in [-0.3, -0.25) is 9.89 Å². The number of H-pyrrole nitrogens is 1. The van der Waals surface area contributed by atoms with E-state index in [9.17, 15) is 4.79 Å². The van der Waals surface area contributed by atoms with Crippen LogP contribution in [0.5, 0.6) is 0 Å². The monoisotopic (exact) mass is 393 g/mol. The van der Waals surface area contributed by atoms with E-state index in [4.69, 9.17) is 0 Å². The van der Waals surface area contributed by atoms with E-state index < -0.39 is 0 Å². The molecule has 5 rings (SSSR count). The molecule has 0 bridgehead atoms. The lowest BCUT2D eigenvalue weighted by molar-refractivity contribution is 0.103. The first-order chi connectivity index (χ1) is 14.8. The van der Waals surface area contributed by atoms with E-state index in [0.29, 0.717) is 17.8 Å². The van der Waals surface area contributed by atoms with E-state index in [1.54, 1.807) is 12.5 Å². The van der Waals surface area contributed by atoms with Crippen molar-refractivity contribution in [1.82, 2.24) is 19.7 Å². The maximum Gasteiger partial charge on any atom is 0.215 e. The van der Waals surface area contributed by atoms with E-state index >= 15 is 0 Å². The quantitative estimate of drug-likeness (QED) is 0.414. The average molecular weight is 393 g/mol. The van der Waals surface area contributed by atoms with E-state index in [1.807, 2.05) is 71.4 Å². The largest absolute Gasteiger partial charge is 0.380 e. The molecule has 6 heteroatoms. The lowest BCUT2D eigenvalue weighted by Gasteiger charge is -2.11. The molecule has 30 heavy (non-hydrogen) atoms. The molecule has 0 aliphatic heterocycles. The standard InChI is InChI=1S/C24H19N5O/c30-24(23-19-5-1-4-8-22(19)27-28-23)20-6-2-3-7-21(20)26-15-17-9-11-18(12-10-17)29-14-13-25-16-29/h1-14,16,26H,15H2,(H,27,28). The maximum atomic E-state index is 13.2. The minimum absolute atomic E-state index is 0.106. The van der Waals surface area contributed by atoms with Crippen molar-refractivity contribution in [2.24, 2.45) is 0 Å². The molecular weight excluding hydrogens is 374 g/mol. The number of aromatic nitrogens is 4. The van der Waals surface area contributed by atoms with Gasteiger partial charge >= 0.3 is 0 Å². The molecular formula is C24H19N5O. The highest BCUT2D eigenvalue weighted by molar-refractivity contribution is 6.17. The molecule has 0 saturated heterocycles. The number of rotatable bonds is 6. The second-order valence-electron chi connectivity index (χ2n) is 6.98. The molecule has 0 spiro atoms. The van der Waals surface area contributed by atoms with Crippen LogP contribution < -0.4 is 5.32 Å². The third-order valence-electron chi connectivity index (χ3n) is 5.08. The number of carbonyl (C=O) groups is 1. The van der Waals surface area contributed by atoms with E-state index in [1.165, 1.54) is 0 Å². The van der Waals surface area contributed by atoms with Crippen LogP contribution in [0.15, 0.2) is 91.5 Å². The van der Waals surface area contributed by atoms with Crippen LogP contribution >= 0.6 is 0 Å². The van der Waals surface area contributed by atoms with Crippen molar-refractivity contribution in [3.05, 3.63) is 108 Å². The SMILES string of the molecule is O=C(c1ccccc1NCc1ccc(-n2ccnc2)cc1)c1n[nH]c2ccccc12. The molecule has 0 atom stereocenters. The van der Waals surface area contributed by atoms with E-state index in [0.717, 1.165) is 27.8 Å². The van der Waals surface area contributed by atoms with Gasteiger partial charge in [0.15, 0.2) is 0 Å². The molecule has 2 aromatic heterocycles. The number of nitrogens with one attached hydrogen (secondary N) is 2. The van der Waals surface area contributed by atoms with E-state index in [2.05, 4.69) is 32.6 Å². The molecule has 5 aromatic rings. The Kier molecular flexibility index (Phi) is 4.57. The van der Waals surface area contributed by atoms with Crippen LogP contribution in [0.3, 0.4) is 0 Å². The summed E-state index contributed by atoms with van der Waals surface area (Å²) in [4.78, 5) is 17.3. The normalized spacial score (nSPS) is 10.9. The van der Waals surface area contributed by atoms with Crippen molar-refractivity contribution in [1.29, 1.82) is 0 Å². The fraction of sp³-hybridized carbons (Fsp3) is 0.0417. The summed E-state index contributed by atoms with van der Waals surface area (Å²) in [6.07, 6.45) is 5.44. The fourth-order valence-electron chi connectivity index (χ4n) is 3.49. The van der Waals surface area contributed by atoms with Gasteiger partial charge in [-0.25, -0.2) is 4.98 Å². The zero-order valence-electron chi connectivity index (χ0n) is 16.1. The predicted molar refractivity (Wildman–Crippen MR) is 117 cm³/mol. The number of hydrogen-bond acceptors (Lipinski definition) is 4. The summed E-state index contributed by atoms with van der Waals surface area (Å²) in [5.74, 6) is -0.106. The van der Waals surface area contributed by atoms with Crippen LogP contribution in [-0.2, 0) is 6.54 Å². The fourth-order valence-corrected chi connectivity index (χ4v) is 3.49. The Morgan fingerprint density at radius 1 is 0.967 bits per heavy atom. The number of hydrogen-bond donors (Lipinski definition) is 2. The van der Waals surface area contributed by atoms with Crippen molar-refractivity contribution in [3.8, 4) is 5.69 Å². The smallest absolute Gasteiger partial charge is 0.215 e. The van der Waals surface area contributed by atoms with Crippen molar-refractivity contribution in [2.45, 2.75) is 6.54 Å². The highest BCUT2D eigenvalue weighted by atomic mass is 16.1. The van der Waals surface area contributed by atoms with Crippen LogP contribution in [0.4, 0.5) is 5.69 Å². The molecule has 0 aliphatic carbocycles. The maximum absolute atomic E-state index is 13.2. The molecule has 3 aromatic carbocycles. The zero-order chi connectivity index (χ0) is 20.3. The third kappa shape index (κ3) is 3.35. The zero-order valence-corrected chi connectivity index (χ0v) is 16.1. The first kappa shape index (κ1) is 17.9. The first-order valence-electron chi connectivity index (χ1n) is 9.67. The van der Waals surface area contributed by atoms with Crippen LogP contribution in [0, 0.1) is 0 Å². The Hall–Kier alpha value is -4.19. The van der Waals surface area contributed by atoms with Crippen molar-refractivity contribution < 1.29 is 4.79 Å². The van der Waals surface area contributed by atoms with Gasteiger partial charge in [0.2, 0.25) is 5.78 Å². The van der Waals surface area contributed by atoms with E-state index in [-0.39, 0.29) is 5.78 Å². The topological polar surface area (TPSA) is 75.6 Å². The highest BCUT2D eigenvalue weighted by Gasteiger charge is 2.18. The Morgan fingerprint density at radius 2 is 1.77 bits per heavy atom. The number of anilines is 1. The number of para-hydroxylation sites is 2. The molecule has 6 nitrogen and oxygen atoms in total. The van der Waals surface area contributed by atoms with Crippen LogP contribution in [-0.4, -0.2) is 25.5 Å². The number of aromatic amines is 1. The van der Waals surface area contributed by atoms with Gasteiger partial charge < -0.3 is 9.88 Å². The number of fused-ring (bicyclic) bond motifs is 1. The number of carbonyl (C=O) groups excluding carboxylic acids is 1. The minimum atomic E-state index is -0.106. The molecule has 0 radical (unpaired) electrons. The summed E-state index contributed by atoms with van der Waals surface area (Å²) in [6.45, 7) is 0.607. The van der Waals surface area contributed by atoms with Crippen LogP contribution in [0.2, 0.25) is 0 Å². The van der Waals surface area contributed by atoms with Gasteiger partial charge in [0.05, 0.1) is 11.8 Å². The Bertz CT molecular complexity index is 1300. The van der Waals surface area contributed by atoms with Gasteiger partial charge in [-0.05, 0) is 35.9 Å². The van der Waals surface area contributed by atoms with Gasteiger partial charge in [0, 0.05) is 41.3 Å². The van der Waals surface area contributed by atoms with Gasteiger partial charge in [-0.15, -0.1) is 0 Å². The van der Waals surface area contributed by atoms with Crippen molar-refractivity contribution >= 4 is 22.4 Å². The molecule has 2 heterocycles. The number of benzene rings is 3. The Labute approximate surface area is 173 Å². The molecule has 146 valence electrons. The third-order valence-corrected chi connectivity index (χ3v) is 5.08. The Balaban J connectivity index is 1.37. The lowest BCUT2D eigenvalue weighted by atomic mass is 10.0. The average Bonchev–Trinajstić information content (AvgIpc) is 3.48. The van der Waals surface area contributed by atoms with Gasteiger partial charge in [0.25, 0.3) is 0 Å². The molecule has 2 N–H and O–H groups in total. The number of imidazole rings is 1. The van der Waals surface area contributed by atoms with Crippen LogP contribution in [0.1, 0.15) is 21.6 Å². The van der Waals surface area contributed by atoms with Crippen molar-refractivity contribution in [3.63, 3.8) is 0 Å². The summed E-state index contributed by atoms with van der Waals surface area (Å²) in [6, 6.07) is 23.4. The number of ketones is 1. The molecule has 0 saturated carbocycles. The van der Waals surface area contributed by atoms with Crippen LogP contribution in [0.25, 0.3) is 16.6 Å². The Morgan fingerprint density at radius 3 is 2.60 bits per heavy atom. The second-order valence-corrected chi connectivity index (χ2v) is 6.98. The highest BCUT2D eigenvalue weighted by Crippen LogP contribution is 2.23. The summed E-state index contributed by atoms with van der Waals surface area (Å²) in [7, 11) is 0. The molecule has 0 amide bonds. The summed E-state index contributed by atoms with van der Waals surface area (Å²) >= 11 is 0. The predicted octanol–water partition coefficient (Wildman–Crippen LogP) is 4.59. The second kappa shape index (κ2) is 7.67. The first-order valence-corrected chi connectivity index (χ1v) is 9.67.